The van der Waals surface area contributed by atoms with Crippen molar-refractivity contribution < 1.29 is 4.79 Å². The normalized spacial score (nSPS) is 12.1. The van der Waals surface area contributed by atoms with Crippen molar-refractivity contribution in [3.05, 3.63) is 54.0 Å². The third kappa shape index (κ3) is 4.09. The number of hydrogen-bond donors (Lipinski definition) is 1. The molecule has 130 valence electrons. The molecule has 8 nitrogen and oxygen atoms in total. The van der Waals surface area contributed by atoms with Crippen LogP contribution in [0.4, 0.5) is 5.82 Å². The van der Waals surface area contributed by atoms with Gasteiger partial charge in [-0.3, -0.25) is 4.79 Å². The largest absolute Gasteiger partial charge is 0.309 e. The molecule has 1 amide bonds. The predicted octanol–water partition coefficient (Wildman–Crippen LogP) is 2.01. The van der Waals surface area contributed by atoms with Gasteiger partial charge < -0.3 is 5.32 Å². The Labute approximate surface area is 145 Å². The molecule has 0 saturated carbocycles. The van der Waals surface area contributed by atoms with Crippen molar-refractivity contribution in [2.45, 2.75) is 39.3 Å². The summed E-state index contributed by atoms with van der Waals surface area (Å²) in [4.78, 5) is 12.9. The van der Waals surface area contributed by atoms with E-state index >= 15 is 0 Å². The maximum atomic E-state index is 12.9. The summed E-state index contributed by atoms with van der Waals surface area (Å²) < 4.78 is 3.29. The zero-order valence-corrected chi connectivity index (χ0v) is 14.3. The maximum Gasteiger partial charge on any atom is 0.250 e. The van der Waals surface area contributed by atoms with Crippen LogP contribution in [-0.4, -0.2) is 35.9 Å². The molecule has 1 unspecified atom stereocenters. The molecule has 3 aromatic rings. The van der Waals surface area contributed by atoms with Gasteiger partial charge in [0.25, 0.3) is 5.91 Å². The van der Waals surface area contributed by atoms with E-state index in [9.17, 15) is 4.79 Å². The topological polar surface area (TPSA) is 90.5 Å². The molecule has 3 rings (SSSR count). The lowest BCUT2D eigenvalue weighted by Gasteiger charge is -2.17. The van der Waals surface area contributed by atoms with Gasteiger partial charge in [-0.05, 0) is 29.3 Å². The lowest BCUT2D eigenvalue weighted by atomic mass is 10.1. The van der Waals surface area contributed by atoms with Crippen LogP contribution in [0, 0.1) is 6.92 Å². The summed E-state index contributed by atoms with van der Waals surface area (Å²) in [6.45, 7) is 4.73. The number of nitrogens with zero attached hydrogens (tertiary/aromatic N) is 6. The second-order valence-corrected chi connectivity index (χ2v) is 5.88. The fraction of sp³-hybridized carbons (Fsp3) is 0.353. The van der Waals surface area contributed by atoms with Gasteiger partial charge >= 0.3 is 0 Å². The van der Waals surface area contributed by atoms with Gasteiger partial charge in [-0.2, -0.15) is 5.10 Å². The van der Waals surface area contributed by atoms with Crippen LogP contribution in [0.2, 0.25) is 0 Å². The highest BCUT2D eigenvalue weighted by molar-refractivity contribution is 5.93. The van der Waals surface area contributed by atoms with Gasteiger partial charge in [0, 0.05) is 19.0 Å². The Balaban J connectivity index is 1.82. The van der Waals surface area contributed by atoms with Gasteiger partial charge in [-0.1, -0.05) is 37.3 Å². The number of tetrazole rings is 1. The minimum atomic E-state index is -0.539. The molecule has 2 aromatic heterocycles. The summed E-state index contributed by atoms with van der Waals surface area (Å²) in [7, 11) is 0. The number of amides is 1. The van der Waals surface area contributed by atoms with Crippen molar-refractivity contribution in [1.82, 2.24) is 30.0 Å². The van der Waals surface area contributed by atoms with Crippen LogP contribution >= 0.6 is 0 Å². The van der Waals surface area contributed by atoms with E-state index in [4.69, 9.17) is 0 Å². The summed E-state index contributed by atoms with van der Waals surface area (Å²) in [6.07, 6.45) is 2.89. The second-order valence-electron chi connectivity index (χ2n) is 5.88. The summed E-state index contributed by atoms with van der Waals surface area (Å²) in [5, 5.41) is 18.6. The van der Waals surface area contributed by atoms with Gasteiger partial charge in [-0.15, -0.1) is 5.10 Å². The molecule has 0 aliphatic carbocycles. The lowest BCUT2D eigenvalue weighted by molar-refractivity contribution is -0.119. The van der Waals surface area contributed by atoms with E-state index < -0.39 is 6.04 Å². The number of carbonyl (C=O) groups excluding carboxylic acids is 1. The summed E-state index contributed by atoms with van der Waals surface area (Å²) >= 11 is 0. The van der Waals surface area contributed by atoms with E-state index in [-0.39, 0.29) is 5.91 Å². The highest BCUT2D eigenvalue weighted by Gasteiger charge is 2.23. The third-order valence-electron chi connectivity index (χ3n) is 3.85. The first kappa shape index (κ1) is 16.8. The van der Waals surface area contributed by atoms with Gasteiger partial charge in [0.1, 0.15) is 18.2 Å². The predicted molar refractivity (Wildman–Crippen MR) is 92.9 cm³/mol. The SMILES string of the molecule is CCCn1nc(C)cc1NC(=O)C(Cc1ccccc1)n1cnnn1. The van der Waals surface area contributed by atoms with Crippen molar-refractivity contribution in [3.8, 4) is 0 Å². The van der Waals surface area contributed by atoms with E-state index in [1.165, 1.54) is 11.0 Å². The van der Waals surface area contributed by atoms with E-state index in [2.05, 4.69) is 32.9 Å². The first-order valence-corrected chi connectivity index (χ1v) is 8.29. The molecule has 1 atom stereocenters. The van der Waals surface area contributed by atoms with Crippen LogP contribution in [0.25, 0.3) is 0 Å². The van der Waals surface area contributed by atoms with E-state index in [1.807, 2.05) is 48.0 Å². The minimum Gasteiger partial charge on any atom is -0.309 e. The molecule has 8 heteroatoms. The molecule has 25 heavy (non-hydrogen) atoms. The van der Waals surface area contributed by atoms with Gasteiger partial charge in [-0.25, -0.2) is 9.36 Å². The molecule has 0 spiro atoms. The fourth-order valence-corrected chi connectivity index (χ4v) is 2.69. The van der Waals surface area contributed by atoms with Gasteiger partial charge in [0.15, 0.2) is 0 Å². The number of benzene rings is 1. The number of aryl methyl sites for hydroxylation is 2. The highest BCUT2D eigenvalue weighted by Crippen LogP contribution is 2.17. The van der Waals surface area contributed by atoms with Crippen molar-refractivity contribution in [1.29, 1.82) is 0 Å². The molecule has 1 N–H and O–H groups in total. The molecular formula is C17H21N7O. The zero-order chi connectivity index (χ0) is 17.6. The number of hydrogen-bond acceptors (Lipinski definition) is 5. The number of nitrogens with one attached hydrogen (secondary N) is 1. The first-order valence-electron chi connectivity index (χ1n) is 8.29. The Bertz CT molecular complexity index is 811. The molecular weight excluding hydrogens is 318 g/mol. The van der Waals surface area contributed by atoms with Crippen LogP contribution < -0.4 is 5.32 Å². The maximum absolute atomic E-state index is 12.9. The molecule has 0 saturated heterocycles. The fourth-order valence-electron chi connectivity index (χ4n) is 2.69. The van der Waals surface area contributed by atoms with Crippen molar-refractivity contribution >= 4 is 11.7 Å². The molecule has 2 heterocycles. The average Bonchev–Trinajstić information content (AvgIpc) is 3.24. The Morgan fingerprint density at radius 1 is 1.28 bits per heavy atom. The monoisotopic (exact) mass is 339 g/mol. The van der Waals surface area contributed by atoms with E-state index in [0.29, 0.717) is 12.2 Å². The molecule has 0 radical (unpaired) electrons. The van der Waals surface area contributed by atoms with Crippen molar-refractivity contribution in [2.24, 2.45) is 0 Å². The Morgan fingerprint density at radius 2 is 2.08 bits per heavy atom. The summed E-state index contributed by atoms with van der Waals surface area (Å²) in [5.74, 6) is 0.517. The van der Waals surface area contributed by atoms with Crippen LogP contribution in [0.15, 0.2) is 42.7 Å². The van der Waals surface area contributed by atoms with Crippen LogP contribution in [0.1, 0.15) is 30.6 Å². The smallest absolute Gasteiger partial charge is 0.250 e. The second kappa shape index (κ2) is 7.69. The molecule has 0 fully saturated rings. The van der Waals surface area contributed by atoms with Crippen LogP contribution in [0.5, 0.6) is 0 Å². The Kier molecular flexibility index (Phi) is 5.17. The van der Waals surface area contributed by atoms with Gasteiger partial charge in [0.05, 0.1) is 5.69 Å². The lowest BCUT2D eigenvalue weighted by Crippen LogP contribution is -2.29. The number of rotatable bonds is 7. The number of carbonyl (C=O) groups is 1. The molecule has 0 aliphatic rings. The Morgan fingerprint density at radius 3 is 2.76 bits per heavy atom. The third-order valence-corrected chi connectivity index (χ3v) is 3.85. The quantitative estimate of drug-likeness (QED) is 0.711. The average molecular weight is 339 g/mol. The molecule has 1 aromatic carbocycles. The number of anilines is 1. The summed E-state index contributed by atoms with van der Waals surface area (Å²) in [6, 6.07) is 11.1. The standard InChI is InChI=1S/C17H21N7O/c1-3-9-23-16(10-13(2)20-23)19-17(25)15(24-12-18-21-22-24)11-14-7-5-4-6-8-14/h4-8,10,12,15H,3,9,11H2,1-2H3,(H,19,25). The van der Waals surface area contributed by atoms with Crippen LogP contribution in [0.3, 0.4) is 0 Å². The van der Waals surface area contributed by atoms with Crippen LogP contribution in [-0.2, 0) is 17.8 Å². The van der Waals surface area contributed by atoms with Crippen molar-refractivity contribution in [3.63, 3.8) is 0 Å². The zero-order valence-electron chi connectivity index (χ0n) is 14.3. The van der Waals surface area contributed by atoms with Crippen molar-refractivity contribution in [2.75, 3.05) is 5.32 Å². The highest BCUT2D eigenvalue weighted by atomic mass is 16.2. The number of aromatic nitrogens is 6. The molecule has 0 bridgehead atoms. The first-order chi connectivity index (χ1) is 12.2. The van der Waals surface area contributed by atoms with Gasteiger partial charge in [0.2, 0.25) is 0 Å². The van der Waals surface area contributed by atoms with E-state index in [1.54, 1.807) is 0 Å². The van der Waals surface area contributed by atoms with E-state index in [0.717, 1.165) is 24.2 Å². The minimum absolute atomic E-state index is 0.173. The Hall–Kier alpha value is -3.03. The summed E-state index contributed by atoms with van der Waals surface area (Å²) in [5.41, 5.74) is 1.90. The molecule has 0 aliphatic heterocycles.